The van der Waals surface area contributed by atoms with Gasteiger partial charge in [0.1, 0.15) is 0 Å². The summed E-state index contributed by atoms with van der Waals surface area (Å²) in [7, 11) is 0. The zero-order valence-corrected chi connectivity index (χ0v) is 15.5. The summed E-state index contributed by atoms with van der Waals surface area (Å²) in [6.45, 7) is 4.26. The van der Waals surface area contributed by atoms with Crippen molar-refractivity contribution < 1.29 is 9.59 Å². The van der Waals surface area contributed by atoms with Gasteiger partial charge in [-0.15, -0.1) is 0 Å². The number of hydrogen-bond acceptors (Lipinski definition) is 2. The lowest BCUT2D eigenvalue weighted by Gasteiger charge is -2.13. The Morgan fingerprint density at radius 1 is 1.04 bits per heavy atom. The fourth-order valence-corrected chi connectivity index (χ4v) is 2.96. The minimum absolute atomic E-state index is 0.0159. The lowest BCUT2D eigenvalue weighted by atomic mass is 10.1. The van der Waals surface area contributed by atoms with Gasteiger partial charge in [-0.1, -0.05) is 30.3 Å². The second kappa shape index (κ2) is 8.40. The summed E-state index contributed by atoms with van der Waals surface area (Å²) in [4.78, 5) is 27.7. The number of carbonyl (C=O) groups is 2. The minimum atomic E-state index is -0.330. The summed E-state index contributed by atoms with van der Waals surface area (Å²) in [5.41, 5.74) is 3.17. The highest BCUT2D eigenvalue weighted by Gasteiger charge is 2.13. The molecule has 27 heavy (non-hydrogen) atoms. The van der Waals surface area contributed by atoms with Gasteiger partial charge in [0.2, 0.25) is 0 Å². The molecular weight excluding hydrogens is 340 g/mol. The van der Waals surface area contributed by atoms with Crippen LogP contribution >= 0.6 is 0 Å². The number of para-hydroxylation sites is 2. The van der Waals surface area contributed by atoms with E-state index in [0.29, 0.717) is 17.8 Å². The van der Waals surface area contributed by atoms with Gasteiger partial charge in [0.05, 0.1) is 11.3 Å². The second-order valence-corrected chi connectivity index (χ2v) is 6.66. The third-order valence-corrected chi connectivity index (χ3v) is 4.19. The molecule has 0 aliphatic carbocycles. The van der Waals surface area contributed by atoms with Crippen LogP contribution in [0, 0.1) is 0 Å². The number of rotatable bonds is 6. The Morgan fingerprint density at radius 2 is 1.78 bits per heavy atom. The van der Waals surface area contributed by atoms with Crippen LogP contribution in [-0.2, 0) is 6.42 Å². The molecule has 3 amide bonds. The third-order valence-electron chi connectivity index (χ3n) is 4.19. The number of nitrogens with one attached hydrogen (secondary N) is 4. The van der Waals surface area contributed by atoms with Gasteiger partial charge in [-0.3, -0.25) is 4.79 Å². The molecule has 0 aliphatic rings. The fourth-order valence-electron chi connectivity index (χ4n) is 2.96. The van der Waals surface area contributed by atoms with E-state index in [4.69, 9.17) is 0 Å². The highest BCUT2D eigenvalue weighted by atomic mass is 16.2. The molecule has 0 saturated carbocycles. The molecule has 6 nitrogen and oxygen atoms in total. The Balaban J connectivity index is 1.62. The van der Waals surface area contributed by atoms with Gasteiger partial charge in [0.15, 0.2) is 0 Å². The van der Waals surface area contributed by atoms with Gasteiger partial charge >= 0.3 is 6.03 Å². The molecule has 0 fully saturated rings. The van der Waals surface area contributed by atoms with Crippen molar-refractivity contribution in [3.63, 3.8) is 0 Å². The molecule has 0 saturated heterocycles. The molecule has 0 aliphatic heterocycles. The van der Waals surface area contributed by atoms with Gasteiger partial charge in [0, 0.05) is 29.7 Å². The van der Waals surface area contributed by atoms with E-state index in [1.807, 2.05) is 38.2 Å². The van der Waals surface area contributed by atoms with Crippen molar-refractivity contribution in [2.75, 3.05) is 11.9 Å². The summed E-state index contributed by atoms with van der Waals surface area (Å²) >= 11 is 0. The highest BCUT2D eigenvalue weighted by molar-refractivity contribution is 6.03. The first kappa shape index (κ1) is 18.5. The van der Waals surface area contributed by atoms with Crippen molar-refractivity contribution >= 4 is 28.5 Å². The second-order valence-electron chi connectivity index (χ2n) is 6.66. The maximum Gasteiger partial charge on any atom is 0.319 e. The molecule has 0 spiro atoms. The van der Waals surface area contributed by atoms with Gasteiger partial charge < -0.3 is 20.9 Å². The van der Waals surface area contributed by atoms with E-state index in [2.05, 4.69) is 27.0 Å². The van der Waals surface area contributed by atoms with Crippen molar-refractivity contribution in [3.05, 3.63) is 65.9 Å². The number of carbonyl (C=O) groups excluding carboxylic acids is 2. The summed E-state index contributed by atoms with van der Waals surface area (Å²) in [6, 6.07) is 14.8. The Hall–Kier alpha value is -3.28. The molecule has 1 aromatic heterocycles. The van der Waals surface area contributed by atoms with E-state index in [-0.39, 0.29) is 18.0 Å². The average molecular weight is 364 g/mol. The van der Waals surface area contributed by atoms with Crippen LogP contribution < -0.4 is 16.0 Å². The molecule has 1 heterocycles. The van der Waals surface area contributed by atoms with E-state index in [1.165, 1.54) is 5.39 Å². The topological polar surface area (TPSA) is 86.0 Å². The molecule has 0 bridgehead atoms. The van der Waals surface area contributed by atoms with E-state index in [1.54, 1.807) is 24.3 Å². The number of H-pyrrole nitrogens is 1. The quantitative estimate of drug-likeness (QED) is 0.538. The monoisotopic (exact) mass is 364 g/mol. The van der Waals surface area contributed by atoms with Crippen LogP contribution in [0.25, 0.3) is 10.9 Å². The van der Waals surface area contributed by atoms with Crippen LogP contribution in [0.5, 0.6) is 0 Å². The van der Waals surface area contributed by atoms with Gasteiger partial charge in [0.25, 0.3) is 5.91 Å². The van der Waals surface area contributed by atoms with E-state index >= 15 is 0 Å². The SMILES string of the molecule is CC(C)NC(=O)Nc1ccccc1C(=O)NCCc1c[nH]c2ccccc12. The molecule has 0 unspecified atom stereocenters. The van der Waals surface area contributed by atoms with Crippen LogP contribution in [0.2, 0.25) is 0 Å². The van der Waals surface area contributed by atoms with Crippen molar-refractivity contribution in [1.29, 1.82) is 0 Å². The summed E-state index contributed by atoms with van der Waals surface area (Å²) < 4.78 is 0. The van der Waals surface area contributed by atoms with E-state index < -0.39 is 0 Å². The molecule has 0 atom stereocenters. The van der Waals surface area contributed by atoms with Crippen molar-refractivity contribution in [2.24, 2.45) is 0 Å². The largest absolute Gasteiger partial charge is 0.361 e. The first-order valence-electron chi connectivity index (χ1n) is 9.04. The van der Waals surface area contributed by atoms with Crippen LogP contribution in [-0.4, -0.2) is 29.5 Å². The number of amides is 3. The van der Waals surface area contributed by atoms with E-state index in [9.17, 15) is 9.59 Å². The highest BCUT2D eigenvalue weighted by Crippen LogP contribution is 2.18. The molecule has 2 aromatic carbocycles. The predicted molar refractivity (Wildman–Crippen MR) is 108 cm³/mol. The number of urea groups is 1. The molecular formula is C21H24N4O2. The maximum atomic E-state index is 12.6. The Morgan fingerprint density at radius 3 is 2.59 bits per heavy atom. The average Bonchev–Trinajstić information content (AvgIpc) is 3.04. The summed E-state index contributed by atoms with van der Waals surface area (Å²) in [5, 5.41) is 9.58. The van der Waals surface area contributed by atoms with Crippen LogP contribution in [0.1, 0.15) is 29.8 Å². The zero-order chi connectivity index (χ0) is 19.2. The van der Waals surface area contributed by atoms with Crippen LogP contribution in [0.15, 0.2) is 54.7 Å². The third kappa shape index (κ3) is 4.67. The smallest absolute Gasteiger partial charge is 0.319 e. The fraction of sp³-hybridized carbons (Fsp3) is 0.238. The molecule has 3 aromatic rings. The standard InChI is InChI=1S/C21H24N4O2/c1-14(2)24-21(27)25-19-10-6-4-8-17(19)20(26)22-12-11-15-13-23-18-9-5-3-7-16(15)18/h3-10,13-14,23H,11-12H2,1-2H3,(H,22,26)(H2,24,25,27). The summed E-state index contributed by atoms with van der Waals surface area (Å²) in [5.74, 6) is -0.213. The zero-order valence-electron chi connectivity index (χ0n) is 15.5. The van der Waals surface area contributed by atoms with Crippen molar-refractivity contribution in [3.8, 4) is 0 Å². The lowest BCUT2D eigenvalue weighted by molar-refractivity contribution is 0.0955. The normalized spacial score (nSPS) is 10.8. The predicted octanol–water partition coefficient (Wildman–Crippen LogP) is 3.67. The first-order valence-corrected chi connectivity index (χ1v) is 9.04. The molecule has 140 valence electrons. The van der Waals surface area contributed by atoms with Gasteiger partial charge in [-0.05, 0) is 44.0 Å². The molecule has 4 N–H and O–H groups in total. The van der Waals surface area contributed by atoms with Crippen LogP contribution in [0.4, 0.5) is 10.5 Å². The first-order chi connectivity index (χ1) is 13.0. The minimum Gasteiger partial charge on any atom is -0.361 e. The summed E-state index contributed by atoms with van der Waals surface area (Å²) in [6.07, 6.45) is 2.70. The molecule has 3 rings (SSSR count). The van der Waals surface area contributed by atoms with E-state index in [0.717, 1.165) is 17.5 Å². The molecule has 0 radical (unpaired) electrons. The van der Waals surface area contributed by atoms with Gasteiger partial charge in [-0.2, -0.15) is 0 Å². The number of hydrogen-bond donors (Lipinski definition) is 4. The Kier molecular flexibility index (Phi) is 5.76. The number of aromatic amines is 1. The number of fused-ring (bicyclic) bond motifs is 1. The lowest BCUT2D eigenvalue weighted by Crippen LogP contribution is -2.35. The van der Waals surface area contributed by atoms with Crippen molar-refractivity contribution in [2.45, 2.75) is 26.3 Å². The Bertz CT molecular complexity index is 946. The Labute approximate surface area is 158 Å². The maximum absolute atomic E-state index is 12.6. The van der Waals surface area contributed by atoms with Crippen molar-refractivity contribution in [1.82, 2.24) is 15.6 Å². The molecule has 6 heteroatoms. The van der Waals surface area contributed by atoms with Gasteiger partial charge in [-0.25, -0.2) is 4.79 Å². The number of anilines is 1. The van der Waals surface area contributed by atoms with Crippen LogP contribution in [0.3, 0.4) is 0 Å². The number of benzene rings is 2. The number of aromatic nitrogens is 1.